The van der Waals surface area contributed by atoms with E-state index in [4.69, 9.17) is 10.2 Å². The molecule has 0 saturated carbocycles. The van der Waals surface area contributed by atoms with Crippen molar-refractivity contribution in [1.82, 2.24) is 14.4 Å². The van der Waals surface area contributed by atoms with E-state index in [0.717, 1.165) is 33.6 Å². The van der Waals surface area contributed by atoms with Crippen LogP contribution in [0.2, 0.25) is 0 Å². The van der Waals surface area contributed by atoms with E-state index in [0.29, 0.717) is 5.22 Å². The van der Waals surface area contributed by atoms with Crippen molar-refractivity contribution in [2.24, 2.45) is 5.73 Å². The first-order chi connectivity index (χ1) is 9.54. The SMILES string of the molecule is Cc1nc(Sc2nc3sccn3c2CC(C)N)oc1C. The Morgan fingerprint density at radius 2 is 2.25 bits per heavy atom. The lowest BCUT2D eigenvalue weighted by molar-refractivity contribution is 0.431. The number of nitrogens with two attached hydrogens (primary N) is 1. The summed E-state index contributed by atoms with van der Waals surface area (Å²) >= 11 is 3.08. The Bertz CT molecular complexity index is 721. The van der Waals surface area contributed by atoms with Crippen LogP contribution < -0.4 is 5.73 Å². The van der Waals surface area contributed by atoms with Crippen LogP contribution >= 0.6 is 23.1 Å². The van der Waals surface area contributed by atoms with E-state index in [1.807, 2.05) is 32.3 Å². The number of fused-ring (bicyclic) bond motifs is 1. The molecule has 106 valence electrons. The summed E-state index contributed by atoms with van der Waals surface area (Å²) in [6.45, 7) is 5.86. The average Bonchev–Trinajstić information content (AvgIpc) is 3.00. The zero-order valence-electron chi connectivity index (χ0n) is 11.6. The highest BCUT2D eigenvalue weighted by atomic mass is 32.2. The normalized spacial score (nSPS) is 13.2. The predicted molar refractivity (Wildman–Crippen MR) is 80.5 cm³/mol. The molecular formula is C13H16N4OS2. The van der Waals surface area contributed by atoms with Gasteiger partial charge in [-0.25, -0.2) is 9.97 Å². The number of aryl methyl sites for hydroxylation is 2. The Kier molecular flexibility index (Phi) is 3.57. The van der Waals surface area contributed by atoms with Crippen molar-refractivity contribution in [3.63, 3.8) is 0 Å². The Morgan fingerprint density at radius 3 is 2.90 bits per heavy atom. The molecule has 3 rings (SSSR count). The second kappa shape index (κ2) is 5.23. The molecule has 0 fully saturated rings. The highest BCUT2D eigenvalue weighted by molar-refractivity contribution is 7.99. The van der Waals surface area contributed by atoms with E-state index in [2.05, 4.69) is 14.4 Å². The first-order valence-electron chi connectivity index (χ1n) is 6.36. The third kappa shape index (κ3) is 2.48. The second-order valence-electron chi connectivity index (χ2n) is 4.82. The largest absolute Gasteiger partial charge is 0.436 e. The summed E-state index contributed by atoms with van der Waals surface area (Å²) in [7, 11) is 0. The molecule has 1 atom stereocenters. The Labute approximate surface area is 125 Å². The predicted octanol–water partition coefficient (Wildman–Crippen LogP) is 3.04. The molecule has 0 aliphatic rings. The zero-order chi connectivity index (χ0) is 14.3. The fourth-order valence-corrected chi connectivity index (χ4v) is 3.69. The Morgan fingerprint density at radius 1 is 1.45 bits per heavy atom. The highest BCUT2D eigenvalue weighted by Gasteiger charge is 2.18. The van der Waals surface area contributed by atoms with Crippen molar-refractivity contribution in [3.05, 3.63) is 28.7 Å². The smallest absolute Gasteiger partial charge is 0.262 e. The lowest BCUT2D eigenvalue weighted by atomic mass is 10.2. The topological polar surface area (TPSA) is 69.3 Å². The zero-order valence-corrected chi connectivity index (χ0v) is 13.2. The summed E-state index contributed by atoms with van der Waals surface area (Å²) in [6.07, 6.45) is 2.81. The van der Waals surface area contributed by atoms with E-state index in [1.165, 1.54) is 11.8 Å². The summed E-state index contributed by atoms with van der Waals surface area (Å²) in [5.41, 5.74) is 7.99. The van der Waals surface area contributed by atoms with Gasteiger partial charge in [0, 0.05) is 24.0 Å². The summed E-state index contributed by atoms with van der Waals surface area (Å²) in [6, 6.07) is 0.0854. The summed E-state index contributed by atoms with van der Waals surface area (Å²) < 4.78 is 7.72. The standard InChI is InChI=1S/C13H16N4OS2/c1-7(14)6-10-11(16-12-17(10)4-5-19-12)20-13-15-8(2)9(3)18-13/h4-5,7H,6,14H2,1-3H3. The molecule has 20 heavy (non-hydrogen) atoms. The molecule has 0 bridgehead atoms. The van der Waals surface area contributed by atoms with Gasteiger partial charge in [-0.3, -0.25) is 4.40 Å². The first-order valence-corrected chi connectivity index (χ1v) is 8.06. The quantitative estimate of drug-likeness (QED) is 0.802. The third-order valence-corrected chi connectivity index (χ3v) is 4.66. The Hall–Kier alpha value is -1.31. The minimum absolute atomic E-state index is 0.0854. The van der Waals surface area contributed by atoms with Gasteiger partial charge in [0.1, 0.15) is 10.8 Å². The molecule has 0 amide bonds. The summed E-state index contributed by atoms with van der Waals surface area (Å²) in [4.78, 5) is 10.0. The molecule has 3 aromatic rings. The van der Waals surface area contributed by atoms with Crippen molar-refractivity contribution in [1.29, 1.82) is 0 Å². The van der Waals surface area contributed by atoms with Gasteiger partial charge in [-0.2, -0.15) is 0 Å². The molecule has 5 nitrogen and oxygen atoms in total. The third-order valence-electron chi connectivity index (χ3n) is 3.03. The lowest BCUT2D eigenvalue weighted by Crippen LogP contribution is -2.19. The number of aromatic nitrogens is 3. The minimum atomic E-state index is 0.0854. The highest BCUT2D eigenvalue weighted by Crippen LogP contribution is 2.32. The molecule has 2 N–H and O–H groups in total. The van der Waals surface area contributed by atoms with E-state index in [-0.39, 0.29) is 6.04 Å². The van der Waals surface area contributed by atoms with Gasteiger partial charge in [-0.05, 0) is 32.5 Å². The summed E-state index contributed by atoms with van der Waals surface area (Å²) in [5.74, 6) is 0.849. The van der Waals surface area contributed by atoms with Crippen LogP contribution in [0.3, 0.4) is 0 Å². The van der Waals surface area contributed by atoms with E-state index >= 15 is 0 Å². The van der Waals surface area contributed by atoms with Gasteiger partial charge >= 0.3 is 0 Å². The maximum Gasteiger partial charge on any atom is 0.262 e. The molecule has 3 aromatic heterocycles. The van der Waals surface area contributed by atoms with Crippen molar-refractivity contribution < 1.29 is 4.42 Å². The van der Waals surface area contributed by atoms with Crippen molar-refractivity contribution >= 4 is 28.1 Å². The van der Waals surface area contributed by atoms with Crippen molar-refractivity contribution in [2.45, 2.75) is 43.5 Å². The van der Waals surface area contributed by atoms with Crippen LogP contribution in [0, 0.1) is 13.8 Å². The van der Waals surface area contributed by atoms with E-state index in [9.17, 15) is 0 Å². The van der Waals surface area contributed by atoms with E-state index < -0.39 is 0 Å². The molecule has 0 spiro atoms. The molecule has 0 saturated heterocycles. The van der Waals surface area contributed by atoms with Crippen LogP contribution in [0.15, 0.2) is 26.2 Å². The van der Waals surface area contributed by atoms with Crippen LogP contribution in [0.1, 0.15) is 24.1 Å². The van der Waals surface area contributed by atoms with Gasteiger partial charge in [-0.1, -0.05) is 0 Å². The Balaban J connectivity index is 1.99. The van der Waals surface area contributed by atoms with Gasteiger partial charge in [0.2, 0.25) is 0 Å². The van der Waals surface area contributed by atoms with Gasteiger partial charge in [-0.15, -0.1) is 11.3 Å². The van der Waals surface area contributed by atoms with E-state index in [1.54, 1.807) is 11.3 Å². The van der Waals surface area contributed by atoms with Crippen molar-refractivity contribution in [2.75, 3.05) is 0 Å². The molecule has 1 unspecified atom stereocenters. The fraction of sp³-hybridized carbons (Fsp3) is 0.385. The maximum atomic E-state index is 5.95. The van der Waals surface area contributed by atoms with Crippen LogP contribution in [0.4, 0.5) is 0 Å². The van der Waals surface area contributed by atoms with Crippen LogP contribution in [-0.2, 0) is 6.42 Å². The molecular weight excluding hydrogens is 292 g/mol. The molecule has 0 aliphatic carbocycles. The number of nitrogens with zero attached hydrogens (tertiary/aromatic N) is 3. The van der Waals surface area contributed by atoms with Gasteiger partial charge in [0.15, 0.2) is 4.96 Å². The number of oxazole rings is 1. The molecule has 0 aliphatic heterocycles. The molecule has 0 aromatic carbocycles. The molecule has 7 heteroatoms. The van der Waals surface area contributed by atoms with Crippen LogP contribution in [0.5, 0.6) is 0 Å². The molecule has 0 radical (unpaired) electrons. The van der Waals surface area contributed by atoms with Gasteiger partial charge < -0.3 is 10.2 Å². The molecule has 3 heterocycles. The van der Waals surface area contributed by atoms with Crippen molar-refractivity contribution in [3.8, 4) is 0 Å². The van der Waals surface area contributed by atoms with Gasteiger partial charge in [0.05, 0.1) is 11.4 Å². The second-order valence-corrected chi connectivity index (χ2v) is 6.64. The number of hydrogen-bond donors (Lipinski definition) is 1. The maximum absolute atomic E-state index is 5.95. The first kappa shape index (κ1) is 13.7. The minimum Gasteiger partial charge on any atom is -0.436 e. The number of hydrogen-bond acceptors (Lipinski definition) is 6. The monoisotopic (exact) mass is 308 g/mol. The number of imidazole rings is 1. The van der Waals surface area contributed by atoms with Gasteiger partial charge in [0.25, 0.3) is 5.22 Å². The number of thiazole rings is 1. The number of rotatable bonds is 4. The average molecular weight is 308 g/mol. The lowest BCUT2D eigenvalue weighted by Gasteiger charge is -2.05. The van der Waals surface area contributed by atoms with Crippen LogP contribution in [0.25, 0.3) is 4.96 Å². The fourth-order valence-electron chi connectivity index (χ4n) is 1.95. The summed E-state index contributed by atoms with van der Waals surface area (Å²) in [5, 5.41) is 3.59. The van der Waals surface area contributed by atoms with Crippen LogP contribution in [-0.4, -0.2) is 20.4 Å².